The lowest BCUT2D eigenvalue weighted by molar-refractivity contribution is 0.0555. The summed E-state index contributed by atoms with van der Waals surface area (Å²) in [4.78, 5) is 0. The third-order valence-corrected chi connectivity index (χ3v) is 3.08. The van der Waals surface area contributed by atoms with Gasteiger partial charge in [0.1, 0.15) is 0 Å². The van der Waals surface area contributed by atoms with Crippen LogP contribution in [0.4, 0.5) is 0 Å². The first-order valence-corrected chi connectivity index (χ1v) is 6.09. The second kappa shape index (κ2) is 6.02. The summed E-state index contributed by atoms with van der Waals surface area (Å²) in [6.07, 6.45) is 1.83. The molecule has 0 heterocycles. The Morgan fingerprint density at radius 3 is 2.38 bits per heavy atom. The number of hydrogen-bond acceptors (Lipinski definition) is 2. The van der Waals surface area contributed by atoms with E-state index in [1.807, 2.05) is 13.8 Å². The van der Waals surface area contributed by atoms with Gasteiger partial charge in [-0.05, 0) is 30.9 Å². The second-order valence-corrected chi connectivity index (χ2v) is 4.58. The first-order valence-electron chi connectivity index (χ1n) is 6.09. The van der Waals surface area contributed by atoms with E-state index in [2.05, 4.69) is 36.5 Å². The molecule has 0 spiro atoms. The molecule has 1 aromatic rings. The molecular formula is C14H23NO. The van der Waals surface area contributed by atoms with Crippen LogP contribution in [0.1, 0.15) is 38.3 Å². The monoisotopic (exact) mass is 221 g/mol. The van der Waals surface area contributed by atoms with Crippen molar-refractivity contribution in [2.24, 2.45) is 0 Å². The molecule has 0 bridgehead atoms. The zero-order chi connectivity index (χ0) is 12.0. The van der Waals surface area contributed by atoms with Crippen LogP contribution in [0.2, 0.25) is 0 Å². The van der Waals surface area contributed by atoms with Crippen molar-refractivity contribution in [1.82, 2.24) is 5.32 Å². The summed E-state index contributed by atoms with van der Waals surface area (Å²) in [6, 6.07) is 8.44. The zero-order valence-electron chi connectivity index (χ0n) is 10.6. The molecule has 1 unspecified atom stereocenters. The highest BCUT2D eigenvalue weighted by molar-refractivity contribution is 5.26. The van der Waals surface area contributed by atoms with Gasteiger partial charge >= 0.3 is 0 Å². The maximum atomic E-state index is 9.87. The minimum Gasteiger partial charge on any atom is -0.389 e. The third-order valence-electron chi connectivity index (χ3n) is 3.08. The smallest absolute Gasteiger partial charge is 0.0741 e. The van der Waals surface area contributed by atoms with Crippen molar-refractivity contribution in [2.45, 2.75) is 45.8 Å². The molecule has 0 amide bonds. The van der Waals surface area contributed by atoms with Crippen LogP contribution in [0, 0.1) is 0 Å². The number of benzene rings is 1. The molecule has 0 radical (unpaired) electrons. The molecule has 1 aromatic carbocycles. The average molecular weight is 221 g/mol. The van der Waals surface area contributed by atoms with E-state index in [0.29, 0.717) is 6.54 Å². The van der Waals surface area contributed by atoms with Crippen LogP contribution in [-0.2, 0) is 13.0 Å². The molecule has 0 aliphatic rings. The summed E-state index contributed by atoms with van der Waals surface area (Å²) in [5, 5.41) is 13.2. The van der Waals surface area contributed by atoms with E-state index in [1.165, 1.54) is 11.1 Å². The Labute approximate surface area is 98.7 Å². The maximum absolute atomic E-state index is 9.87. The van der Waals surface area contributed by atoms with Gasteiger partial charge in [-0.2, -0.15) is 0 Å². The number of aryl methyl sites for hydroxylation is 1. The van der Waals surface area contributed by atoms with E-state index in [9.17, 15) is 5.11 Å². The minimum absolute atomic E-state index is 0.596. The normalized spacial score (nSPS) is 14.8. The molecule has 2 N–H and O–H groups in total. The van der Waals surface area contributed by atoms with Crippen LogP contribution in [0.25, 0.3) is 0 Å². The molecule has 0 saturated heterocycles. The quantitative estimate of drug-likeness (QED) is 0.773. The summed E-state index contributed by atoms with van der Waals surface area (Å²) in [6.45, 7) is 7.51. The second-order valence-electron chi connectivity index (χ2n) is 4.58. The Balaban J connectivity index is 2.49. The Bertz CT molecular complexity index is 320. The highest BCUT2D eigenvalue weighted by atomic mass is 16.3. The van der Waals surface area contributed by atoms with Crippen LogP contribution in [-0.4, -0.2) is 17.3 Å². The molecule has 0 saturated carbocycles. The molecule has 90 valence electrons. The molecular weight excluding hydrogens is 198 g/mol. The van der Waals surface area contributed by atoms with Gasteiger partial charge < -0.3 is 10.4 Å². The van der Waals surface area contributed by atoms with Gasteiger partial charge in [-0.1, -0.05) is 38.1 Å². The van der Waals surface area contributed by atoms with E-state index in [-0.39, 0.29) is 0 Å². The van der Waals surface area contributed by atoms with Gasteiger partial charge in [-0.25, -0.2) is 0 Å². The van der Waals surface area contributed by atoms with Crippen LogP contribution < -0.4 is 5.32 Å². The molecule has 0 aromatic heterocycles. The van der Waals surface area contributed by atoms with Crippen molar-refractivity contribution in [3.05, 3.63) is 35.4 Å². The van der Waals surface area contributed by atoms with E-state index in [0.717, 1.165) is 19.4 Å². The van der Waals surface area contributed by atoms with Crippen LogP contribution in [0.5, 0.6) is 0 Å². The standard InChI is InChI=1S/C14H23NO/c1-4-12-8-6-7-9-13(12)10-15-11-14(3,16)5-2/h6-9,15-16H,4-5,10-11H2,1-3H3. The van der Waals surface area contributed by atoms with Gasteiger partial charge in [0.2, 0.25) is 0 Å². The SMILES string of the molecule is CCc1ccccc1CNCC(C)(O)CC. The fraction of sp³-hybridized carbons (Fsp3) is 0.571. The summed E-state index contributed by atoms with van der Waals surface area (Å²) >= 11 is 0. The number of hydrogen-bond donors (Lipinski definition) is 2. The van der Waals surface area contributed by atoms with Gasteiger partial charge in [0, 0.05) is 13.1 Å². The fourth-order valence-electron chi connectivity index (χ4n) is 1.67. The van der Waals surface area contributed by atoms with Gasteiger partial charge in [0.15, 0.2) is 0 Å². The summed E-state index contributed by atoms with van der Waals surface area (Å²) < 4.78 is 0. The molecule has 16 heavy (non-hydrogen) atoms. The summed E-state index contributed by atoms with van der Waals surface area (Å²) in [5.74, 6) is 0. The van der Waals surface area contributed by atoms with E-state index in [4.69, 9.17) is 0 Å². The van der Waals surface area contributed by atoms with Gasteiger partial charge in [-0.15, -0.1) is 0 Å². The van der Waals surface area contributed by atoms with Crippen molar-refractivity contribution in [3.8, 4) is 0 Å². The Morgan fingerprint density at radius 1 is 1.19 bits per heavy atom. The molecule has 0 aliphatic heterocycles. The molecule has 1 rings (SSSR count). The molecule has 2 heteroatoms. The lowest BCUT2D eigenvalue weighted by atomic mass is 10.0. The Kier molecular flexibility index (Phi) is 4.97. The zero-order valence-corrected chi connectivity index (χ0v) is 10.6. The number of rotatable bonds is 6. The highest BCUT2D eigenvalue weighted by Gasteiger charge is 2.16. The van der Waals surface area contributed by atoms with Crippen LogP contribution in [0.15, 0.2) is 24.3 Å². The molecule has 0 fully saturated rings. The largest absolute Gasteiger partial charge is 0.389 e. The van der Waals surface area contributed by atoms with Gasteiger partial charge in [0.25, 0.3) is 0 Å². The van der Waals surface area contributed by atoms with Crippen molar-refractivity contribution in [3.63, 3.8) is 0 Å². The van der Waals surface area contributed by atoms with Crippen molar-refractivity contribution >= 4 is 0 Å². The lowest BCUT2D eigenvalue weighted by Gasteiger charge is -2.22. The lowest BCUT2D eigenvalue weighted by Crippen LogP contribution is -2.36. The summed E-state index contributed by atoms with van der Waals surface area (Å²) in [5.41, 5.74) is 2.12. The molecule has 2 nitrogen and oxygen atoms in total. The van der Waals surface area contributed by atoms with Crippen LogP contribution in [0.3, 0.4) is 0 Å². The van der Waals surface area contributed by atoms with Crippen molar-refractivity contribution in [1.29, 1.82) is 0 Å². The number of aliphatic hydroxyl groups is 1. The minimum atomic E-state index is -0.596. The van der Waals surface area contributed by atoms with E-state index >= 15 is 0 Å². The predicted octanol–water partition coefficient (Wildman–Crippen LogP) is 2.50. The Hall–Kier alpha value is -0.860. The predicted molar refractivity (Wildman–Crippen MR) is 68.4 cm³/mol. The maximum Gasteiger partial charge on any atom is 0.0741 e. The summed E-state index contributed by atoms with van der Waals surface area (Å²) in [7, 11) is 0. The first kappa shape index (κ1) is 13.2. The highest BCUT2D eigenvalue weighted by Crippen LogP contribution is 2.10. The molecule has 0 aliphatic carbocycles. The number of nitrogens with one attached hydrogen (secondary N) is 1. The van der Waals surface area contributed by atoms with Crippen LogP contribution >= 0.6 is 0 Å². The van der Waals surface area contributed by atoms with E-state index < -0.39 is 5.60 Å². The van der Waals surface area contributed by atoms with Crippen molar-refractivity contribution < 1.29 is 5.11 Å². The fourth-order valence-corrected chi connectivity index (χ4v) is 1.67. The topological polar surface area (TPSA) is 32.3 Å². The van der Waals surface area contributed by atoms with E-state index in [1.54, 1.807) is 0 Å². The van der Waals surface area contributed by atoms with Gasteiger partial charge in [0.05, 0.1) is 5.60 Å². The first-order chi connectivity index (χ1) is 7.59. The molecule has 1 atom stereocenters. The van der Waals surface area contributed by atoms with Crippen molar-refractivity contribution in [2.75, 3.05) is 6.54 Å². The van der Waals surface area contributed by atoms with Gasteiger partial charge in [-0.3, -0.25) is 0 Å². The Morgan fingerprint density at radius 2 is 1.81 bits per heavy atom. The average Bonchev–Trinajstić information content (AvgIpc) is 2.29. The third kappa shape index (κ3) is 3.95.